The molecule has 0 radical (unpaired) electrons. The summed E-state index contributed by atoms with van der Waals surface area (Å²) in [7, 11) is 0. The maximum absolute atomic E-state index is 12.4. The SMILES string of the molecule is Cc1cccc(OCC(=O)NN2C(=O)[C@@H]3[C@@H](C2=O)[C@H]2C=C[C@H]3O2)c1. The molecular weight excluding hydrogens is 312 g/mol. The van der Waals surface area contributed by atoms with E-state index in [-0.39, 0.29) is 18.8 Å². The Balaban J connectivity index is 1.38. The number of rotatable bonds is 4. The number of benzene rings is 1. The number of nitrogens with one attached hydrogen (secondary N) is 1. The predicted octanol–water partition coefficient (Wildman–Crippen LogP) is 0.343. The highest BCUT2D eigenvalue weighted by molar-refractivity contribution is 6.07. The first-order valence-electron chi connectivity index (χ1n) is 7.75. The van der Waals surface area contributed by atoms with Crippen LogP contribution in [0.15, 0.2) is 36.4 Å². The fourth-order valence-corrected chi connectivity index (χ4v) is 3.42. The highest BCUT2D eigenvalue weighted by Gasteiger charge is 2.61. The summed E-state index contributed by atoms with van der Waals surface area (Å²) in [6, 6.07) is 7.26. The van der Waals surface area contributed by atoms with Gasteiger partial charge in [0, 0.05) is 0 Å². The minimum Gasteiger partial charge on any atom is -0.484 e. The van der Waals surface area contributed by atoms with E-state index in [1.807, 2.05) is 19.1 Å². The first-order chi connectivity index (χ1) is 11.5. The zero-order valence-corrected chi connectivity index (χ0v) is 13.0. The molecule has 2 fully saturated rings. The van der Waals surface area contributed by atoms with Gasteiger partial charge in [-0.05, 0) is 24.6 Å². The summed E-state index contributed by atoms with van der Waals surface area (Å²) in [5, 5.41) is 0.812. The number of carbonyl (C=O) groups is 3. The van der Waals surface area contributed by atoms with Gasteiger partial charge in [-0.2, -0.15) is 5.01 Å². The summed E-state index contributed by atoms with van der Waals surface area (Å²) in [6.45, 7) is 1.63. The van der Waals surface area contributed by atoms with E-state index in [1.165, 1.54) is 0 Å². The van der Waals surface area contributed by atoms with E-state index in [2.05, 4.69) is 5.43 Å². The minimum absolute atomic E-state index is 0.280. The molecule has 3 amide bonds. The molecule has 3 heterocycles. The lowest BCUT2D eigenvalue weighted by Crippen LogP contribution is -2.49. The van der Waals surface area contributed by atoms with Crippen molar-refractivity contribution in [1.29, 1.82) is 0 Å². The van der Waals surface area contributed by atoms with Crippen molar-refractivity contribution in [2.45, 2.75) is 19.1 Å². The van der Waals surface area contributed by atoms with E-state index >= 15 is 0 Å². The first-order valence-corrected chi connectivity index (χ1v) is 7.75. The Morgan fingerprint density at radius 1 is 1.21 bits per heavy atom. The number of hydrazine groups is 1. The Morgan fingerprint density at radius 2 is 1.88 bits per heavy atom. The van der Waals surface area contributed by atoms with Gasteiger partial charge in [0.15, 0.2) is 6.61 Å². The molecule has 1 aromatic carbocycles. The molecule has 0 saturated carbocycles. The van der Waals surface area contributed by atoms with Crippen molar-refractivity contribution in [3.63, 3.8) is 0 Å². The zero-order valence-electron chi connectivity index (χ0n) is 13.0. The van der Waals surface area contributed by atoms with Crippen LogP contribution in [0, 0.1) is 18.8 Å². The van der Waals surface area contributed by atoms with Crippen LogP contribution in [0.1, 0.15) is 5.56 Å². The van der Waals surface area contributed by atoms with Crippen LogP contribution in [0.3, 0.4) is 0 Å². The van der Waals surface area contributed by atoms with Crippen molar-refractivity contribution in [3.05, 3.63) is 42.0 Å². The number of fused-ring (bicyclic) bond motifs is 5. The second-order valence-electron chi connectivity index (χ2n) is 6.15. The molecule has 1 aromatic rings. The Labute approximate surface area is 138 Å². The summed E-state index contributed by atoms with van der Waals surface area (Å²) >= 11 is 0. The maximum atomic E-state index is 12.4. The van der Waals surface area contributed by atoms with Gasteiger partial charge in [0.2, 0.25) is 0 Å². The number of aryl methyl sites for hydroxylation is 1. The number of amides is 3. The van der Waals surface area contributed by atoms with E-state index in [0.717, 1.165) is 10.6 Å². The summed E-state index contributed by atoms with van der Waals surface area (Å²) in [6.07, 6.45) is 2.84. The van der Waals surface area contributed by atoms with Crippen molar-refractivity contribution in [3.8, 4) is 5.75 Å². The quantitative estimate of drug-likeness (QED) is 0.636. The van der Waals surface area contributed by atoms with E-state index in [9.17, 15) is 14.4 Å². The molecule has 2 saturated heterocycles. The van der Waals surface area contributed by atoms with Gasteiger partial charge in [-0.1, -0.05) is 24.3 Å². The highest BCUT2D eigenvalue weighted by atomic mass is 16.5. The number of hydrogen-bond donors (Lipinski definition) is 1. The van der Waals surface area contributed by atoms with Gasteiger partial charge in [-0.15, -0.1) is 0 Å². The number of imide groups is 1. The van der Waals surface area contributed by atoms with Crippen LogP contribution >= 0.6 is 0 Å². The number of hydrogen-bond acceptors (Lipinski definition) is 5. The molecule has 7 heteroatoms. The molecule has 3 aliphatic rings. The van der Waals surface area contributed by atoms with Crippen LogP contribution in [0.25, 0.3) is 0 Å². The molecule has 7 nitrogen and oxygen atoms in total. The third kappa shape index (κ3) is 2.28. The van der Waals surface area contributed by atoms with Crippen molar-refractivity contribution in [2.24, 2.45) is 11.8 Å². The number of ether oxygens (including phenoxy) is 2. The van der Waals surface area contributed by atoms with Gasteiger partial charge in [0.05, 0.1) is 24.0 Å². The van der Waals surface area contributed by atoms with Crippen LogP contribution in [-0.4, -0.2) is 41.5 Å². The maximum Gasteiger partial charge on any atom is 0.276 e. The molecule has 4 rings (SSSR count). The van der Waals surface area contributed by atoms with Crippen LogP contribution in [-0.2, 0) is 19.1 Å². The summed E-state index contributed by atoms with van der Waals surface area (Å²) in [5.41, 5.74) is 3.36. The van der Waals surface area contributed by atoms with Crippen molar-refractivity contribution in [1.82, 2.24) is 10.4 Å². The average Bonchev–Trinajstić information content (AvgIpc) is 3.23. The van der Waals surface area contributed by atoms with Crippen molar-refractivity contribution < 1.29 is 23.9 Å². The highest BCUT2D eigenvalue weighted by Crippen LogP contribution is 2.44. The van der Waals surface area contributed by atoms with Gasteiger partial charge < -0.3 is 9.47 Å². The van der Waals surface area contributed by atoms with E-state index in [4.69, 9.17) is 9.47 Å². The number of carbonyl (C=O) groups excluding carboxylic acids is 3. The molecule has 3 aliphatic heterocycles. The van der Waals surface area contributed by atoms with Gasteiger partial charge in [0.25, 0.3) is 17.7 Å². The van der Waals surface area contributed by atoms with Gasteiger partial charge in [0.1, 0.15) is 5.75 Å². The Hall–Kier alpha value is -2.67. The smallest absolute Gasteiger partial charge is 0.276 e. The first kappa shape index (κ1) is 14.9. The zero-order chi connectivity index (χ0) is 16.8. The molecule has 0 spiro atoms. The summed E-state index contributed by atoms with van der Waals surface area (Å²) in [4.78, 5) is 36.8. The van der Waals surface area contributed by atoms with E-state index in [1.54, 1.807) is 24.3 Å². The lowest BCUT2D eigenvalue weighted by molar-refractivity contribution is -0.151. The summed E-state index contributed by atoms with van der Waals surface area (Å²) < 4.78 is 10.9. The van der Waals surface area contributed by atoms with Crippen LogP contribution < -0.4 is 10.2 Å². The molecule has 1 N–H and O–H groups in total. The van der Waals surface area contributed by atoms with E-state index in [0.29, 0.717) is 5.75 Å². The predicted molar refractivity (Wildman–Crippen MR) is 81.5 cm³/mol. The minimum atomic E-state index is -0.556. The van der Waals surface area contributed by atoms with Gasteiger partial charge in [-0.3, -0.25) is 19.8 Å². The third-order valence-corrected chi connectivity index (χ3v) is 4.51. The van der Waals surface area contributed by atoms with Gasteiger partial charge in [-0.25, -0.2) is 0 Å². The molecule has 0 aromatic heterocycles. The fraction of sp³-hybridized carbons (Fsp3) is 0.353. The molecule has 2 bridgehead atoms. The largest absolute Gasteiger partial charge is 0.484 e. The topological polar surface area (TPSA) is 84.9 Å². The van der Waals surface area contributed by atoms with Gasteiger partial charge >= 0.3 is 0 Å². The van der Waals surface area contributed by atoms with Crippen LogP contribution in [0.2, 0.25) is 0 Å². The van der Waals surface area contributed by atoms with Crippen molar-refractivity contribution >= 4 is 17.7 Å². The van der Waals surface area contributed by atoms with Crippen LogP contribution in [0.4, 0.5) is 0 Å². The molecule has 124 valence electrons. The Morgan fingerprint density at radius 3 is 2.50 bits per heavy atom. The molecule has 24 heavy (non-hydrogen) atoms. The molecule has 4 atom stereocenters. The second-order valence-corrected chi connectivity index (χ2v) is 6.15. The lowest BCUT2D eigenvalue weighted by atomic mass is 9.85. The monoisotopic (exact) mass is 328 g/mol. The Kier molecular flexibility index (Phi) is 3.38. The lowest BCUT2D eigenvalue weighted by Gasteiger charge is -2.18. The normalized spacial score (nSPS) is 30.0. The molecule has 0 aliphatic carbocycles. The average molecular weight is 328 g/mol. The fourth-order valence-electron chi connectivity index (χ4n) is 3.42. The standard InChI is InChI=1S/C17H16N2O5/c1-9-3-2-4-10(7-9)23-8-13(20)18-19-16(21)14-11-5-6-12(24-11)15(14)17(19)22/h2-7,11-12,14-15H,8H2,1H3,(H,18,20)/t11-,12-,14+,15+/m1/s1. The number of nitrogens with zero attached hydrogens (tertiary/aromatic N) is 1. The Bertz CT molecular complexity index is 729. The summed E-state index contributed by atoms with van der Waals surface area (Å²) in [5.74, 6) is -1.93. The van der Waals surface area contributed by atoms with E-state index < -0.39 is 29.6 Å². The molecular formula is C17H16N2O5. The van der Waals surface area contributed by atoms with Crippen molar-refractivity contribution in [2.75, 3.05) is 6.61 Å². The second kappa shape index (κ2) is 5.45. The van der Waals surface area contributed by atoms with Crippen LogP contribution in [0.5, 0.6) is 5.75 Å². The third-order valence-electron chi connectivity index (χ3n) is 4.51. The molecule has 0 unspecified atom stereocenters.